The second-order valence-corrected chi connectivity index (χ2v) is 5.23. The van der Waals surface area contributed by atoms with Gasteiger partial charge in [0, 0.05) is 17.8 Å². The van der Waals surface area contributed by atoms with Crippen molar-refractivity contribution in [3.05, 3.63) is 46.1 Å². The van der Waals surface area contributed by atoms with E-state index < -0.39 is 0 Å². The number of fused-ring (bicyclic) bond motifs is 1. The Balaban J connectivity index is 2.03. The predicted octanol–water partition coefficient (Wildman–Crippen LogP) is 3.38. The molecule has 0 aliphatic heterocycles. The van der Waals surface area contributed by atoms with Crippen LogP contribution in [0.3, 0.4) is 0 Å². The zero-order valence-corrected chi connectivity index (χ0v) is 11.8. The third-order valence-corrected chi connectivity index (χ3v) is 3.60. The van der Waals surface area contributed by atoms with Crippen LogP contribution in [0, 0.1) is 0 Å². The highest BCUT2D eigenvalue weighted by atomic mass is 35.5. The largest absolute Gasteiger partial charge is 0.353 e. The lowest BCUT2D eigenvalue weighted by molar-refractivity contribution is 0.876. The molecule has 3 rings (SSSR count). The van der Waals surface area contributed by atoms with Crippen molar-refractivity contribution in [3.8, 4) is 0 Å². The van der Waals surface area contributed by atoms with E-state index in [2.05, 4.69) is 15.0 Å². The minimum absolute atomic E-state index is 0.263. The van der Waals surface area contributed by atoms with Gasteiger partial charge in [-0.15, -0.1) is 11.3 Å². The first-order valence-corrected chi connectivity index (χ1v) is 7.06. The summed E-state index contributed by atoms with van der Waals surface area (Å²) in [5.41, 5.74) is 3.70. The fourth-order valence-corrected chi connectivity index (χ4v) is 2.68. The Morgan fingerprint density at radius 2 is 2.11 bits per heavy atom. The summed E-state index contributed by atoms with van der Waals surface area (Å²) in [7, 11) is 1.98. The van der Waals surface area contributed by atoms with E-state index in [0.717, 1.165) is 22.4 Å². The number of benzene rings is 1. The summed E-state index contributed by atoms with van der Waals surface area (Å²) in [5.74, 6) is 0.823. The minimum atomic E-state index is 0.263. The number of thiazole rings is 1. The molecule has 0 unspecified atom stereocenters. The molecular formula is C13H11ClN4S. The van der Waals surface area contributed by atoms with Crippen molar-refractivity contribution in [3.63, 3.8) is 0 Å². The summed E-state index contributed by atoms with van der Waals surface area (Å²) in [5, 5.41) is 3.28. The topological polar surface area (TPSA) is 41.9 Å². The summed E-state index contributed by atoms with van der Waals surface area (Å²) >= 11 is 7.57. The molecule has 0 atom stereocenters. The summed E-state index contributed by atoms with van der Waals surface area (Å²) < 4.78 is 0. The maximum Gasteiger partial charge on any atom is 0.224 e. The SMILES string of the molecule is CN(Cc1cscn1)c1nc(Cl)nc2ccccc12. The Bertz CT molecular complexity index is 699. The van der Waals surface area contributed by atoms with E-state index >= 15 is 0 Å². The number of nitrogens with zero attached hydrogens (tertiary/aromatic N) is 4. The van der Waals surface area contributed by atoms with Gasteiger partial charge < -0.3 is 4.90 Å². The van der Waals surface area contributed by atoms with Gasteiger partial charge in [-0.3, -0.25) is 0 Å². The average Bonchev–Trinajstić information content (AvgIpc) is 2.90. The zero-order chi connectivity index (χ0) is 13.2. The predicted molar refractivity (Wildman–Crippen MR) is 78.8 cm³/mol. The van der Waals surface area contributed by atoms with Crippen molar-refractivity contribution in [2.75, 3.05) is 11.9 Å². The van der Waals surface area contributed by atoms with Crippen LogP contribution in [-0.4, -0.2) is 22.0 Å². The van der Waals surface area contributed by atoms with Gasteiger partial charge >= 0.3 is 0 Å². The Kier molecular flexibility index (Phi) is 3.31. The first-order chi connectivity index (χ1) is 9.24. The lowest BCUT2D eigenvalue weighted by Gasteiger charge is -2.18. The fraction of sp³-hybridized carbons (Fsp3) is 0.154. The van der Waals surface area contributed by atoms with Crippen LogP contribution < -0.4 is 4.90 Å². The molecule has 0 fully saturated rings. The van der Waals surface area contributed by atoms with Gasteiger partial charge in [0.2, 0.25) is 5.28 Å². The quantitative estimate of drug-likeness (QED) is 0.694. The van der Waals surface area contributed by atoms with Gasteiger partial charge in [0.15, 0.2) is 0 Å². The second kappa shape index (κ2) is 5.11. The number of anilines is 1. The standard InChI is InChI=1S/C13H11ClN4S/c1-18(6-9-7-19-8-15-9)12-10-4-2-3-5-11(10)16-13(14)17-12/h2-5,7-8H,6H2,1H3. The smallest absolute Gasteiger partial charge is 0.224 e. The fourth-order valence-electron chi connectivity index (χ4n) is 1.96. The summed E-state index contributed by atoms with van der Waals surface area (Å²) in [6.07, 6.45) is 0. The van der Waals surface area contributed by atoms with Crippen molar-refractivity contribution in [1.29, 1.82) is 0 Å². The van der Waals surface area contributed by atoms with Crippen molar-refractivity contribution >= 4 is 39.7 Å². The average molecular weight is 291 g/mol. The van der Waals surface area contributed by atoms with Crippen LogP contribution >= 0.6 is 22.9 Å². The van der Waals surface area contributed by atoms with Crippen molar-refractivity contribution in [1.82, 2.24) is 15.0 Å². The number of aromatic nitrogens is 3. The molecule has 0 aliphatic rings. The molecule has 0 bridgehead atoms. The van der Waals surface area contributed by atoms with Crippen molar-refractivity contribution < 1.29 is 0 Å². The lowest BCUT2D eigenvalue weighted by Crippen LogP contribution is -2.18. The molecule has 19 heavy (non-hydrogen) atoms. The van der Waals surface area contributed by atoms with E-state index in [0.29, 0.717) is 6.54 Å². The summed E-state index contributed by atoms with van der Waals surface area (Å²) in [6.45, 7) is 0.695. The molecule has 4 nitrogen and oxygen atoms in total. The molecule has 0 aliphatic carbocycles. The van der Waals surface area contributed by atoms with Crippen molar-refractivity contribution in [2.24, 2.45) is 0 Å². The monoisotopic (exact) mass is 290 g/mol. The second-order valence-electron chi connectivity index (χ2n) is 4.17. The van der Waals surface area contributed by atoms with Crippen LogP contribution in [-0.2, 0) is 6.54 Å². The van der Waals surface area contributed by atoms with E-state index in [1.807, 2.05) is 47.1 Å². The van der Waals surface area contributed by atoms with Crippen LogP contribution in [0.1, 0.15) is 5.69 Å². The van der Waals surface area contributed by atoms with E-state index in [9.17, 15) is 0 Å². The highest BCUT2D eigenvalue weighted by molar-refractivity contribution is 7.07. The molecule has 0 radical (unpaired) electrons. The Labute approximate surface area is 119 Å². The van der Waals surface area contributed by atoms with E-state index in [1.54, 1.807) is 11.3 Å². The molecule has 6 heteroatoms. The number of para-hydroxylation sites is 1. The van der Waals surface area contributed by atoms with Gasteiger partial charge in [-0.1, -0.05) is 12.1 Å². The molecule has 0 saturated carbocycles. The molecule has 3 aromatic rings. The van der Waals surface area contributed by atoms with Gasteiger partial charge in [0.1, 0.15) is 5.82 Å². The minimum Gasteiger partial charge on any atom is -0.353 e. The summed E-state index contributed by atoms with van der Waals surface area (Å²) in [6, 6.07) is 7.84. The molecule has 0 amide bonds. The maximum absolute atomic E-state index is 5.99. The Morgan fingerprint density at radius 1 is 1.26 bits per heavy atom. The van der Waals surface area contributed by atoms with Crippen LogP contribution in [0.2, 0.25) is 5.28 Å². The van der Waals surface area contributed by atoms with Crippen LogP contribution in [0.25, 0.3) is 10.9 Å². The van der Waals surface area contributed by atoms with Crippen LogP contribution in [0.4, 0.5) is 5.82 Å². The molecular weight excluding hydrogens is 280 g/mol. The molecule has 0 spiro atoms. The number of hydrogen-bond acceptors (Lipinski definition) is 5. The van der Waals surface area contributed by atoms with E-state index in [4.69, 9.17) is 11.6 Å². The number of hydrogen-bond donors (Lipinski definition) is 0. The van der Waals surface area contributed by atoms with Crippen LogP contribution in [0.5, 0.6) is 0 Å². The molecule has 1 aromatic carbocycles. The highest BCUT2D eigenvalue weighted by Crippen LogP contribution is 2.25. The van der Waals surface area contributed by atoms with E-state index in [-0.39, 0.29) is 5.28 Å². The maximum atomic E-state index is 5.99. The van der Waals surface area contributed by atoms with Gasteiger partial charge in [0.25, 0.3) is 0 Å². The molecule has 0 saturated heterocycles. The first kappa shape index (κ1) is 12.3. The van der Waals surface area contributed by atoms with Gasteiger partial charge in [0.05, 0.1) is 23.3 Å². The first-order valence-electron chi connectivity index (χ1n) is 5.74. The lowest BCUT2D eigenvalue weighted by atomic mass is 10.2. The third-order valence-electron chi connectivity index (χ3n) is 2.80. The molecule has 0 N–H and O–H groups in total. The number of rotatable bonds is 3. The summed E-state index contributed by atoms with van der Waals surface area (Å²) in [4.78, 5) is 14.9. The molecule has 96 valence electrons. The zero-order valence-electron chi connectivity index (χ0n) is 10.2. The third kappa shape index (κ3) is 2.52. The van der Waals surface area contributed by atoms with E-state index in [1.165, 1.54) is 0 Å². The highest BCUT2D eigenvalue weighted by Gasteiger charge is 2.11. The van der Waals surface area contributed by atoms with Gasteiger partial charge in [-0.2, -0.15) is 4.98 Å². The van der Waals surface area contributed by atoms with Crippen LogP contribution in [0.15, 0.2) is 35.2 Å². The molecule has 2 aromatic heterocycles. The van der Waals surface area contributed by atoms with Gasteiger partial charge in [-0.05, 0) is 23.7 Å². The number of halogens is 1. The van der Waals surface area contributed by atoms with Gasteiger partial charge in [-0.25, -0.2) is 9.97 Å². The Morgan fingerprint density at radius 3 is 2.89 bits per heavy atom. The Hall–Kier alpha value is -1.72. The van der Waals surface area contributed by atoms with Crippen molar-refractivity contribution in [2.45, 2.75) is 6.54 Å². The molecule has 2 heterocycles. The normalized spacial score (nSPS) is 10.8.